The fourth-order valence-corrected chi connectivity index (χ4v) is 4.36. The molecule has 28 heavy (non-hydrogen) atoms. The van der Waals surface area contributed by atoms with Crippen molar-refractivity contribution in [2.45, 2.75) is 65.1 Å². The molecule has 5 nitrogen and oxygen atoms in total. The van der Waals surface area contributed by atoms with Crippen LogP contribution >= 0.6 is 0 Å². The normalized spacial score (nSPS) is 14.5. The summed E-state index contributed by atoms with van der Waals surface area (Å²) in [7, 11) is 0. The zero-order valence-electron chi connectivity index (χ0n) is 17.0. The third kappa shape index (κ3) is 3.96. The van der Waals surface area contributed by atoms with Gasteiger partial charge in [-0.3, -0.25) is 4.98 Å². The first kappa shape index (κ1) is 19.1. The molecule has 0 saturated heterocycles. The number of imidazole rings is 1. The van der Waals surface area contributed by atoms with E-state index < -0.39 is 0 Å². The topological polar surface area (TPSA) is 68.8 Å². The quantitative estimate of drug-likeness (QED) is 0.631. The highest BCUT2D eigenvalue weighted by atomic mass is 15.1. The minimum Gasteiger partial charge on any atom is -0.330 e. The standard InChI is InChI=1S/C23H31N5/c1-16-12-17(2)21(26-14-16)15-25-19(8-4-10-24)13-22-27-20-9-3-6-18-7-5-11-28(22)23(18)20/h3,6,9,12,14,19,25H,4-5,7-8,10-11,13,15,24H2,1-2H3. The molecule has 0 spiro atoms. The van der Waals surface area contributed by atoms with Crippen molar-refractivity contribution in [3.63, 3.8) is 0 Å². The molecule has 0 aliphatic carbocycles. The highest BCUT2D eigenvalue weighted by Gasteiger charge is 2.20. The van der Waals surface area contributed by atoms with E-state index in [1.165, 1.54) is 34.5 Å². The highest BCUT2D eigenvalue weighted by molar-refractivity contribution is 5.80. The molecule has 3 N–H and O–H groups in total. The smallest absolute Gasteiger partial charge is 0.111 e. The first-order valence-electron chi connectivity index (χ1n) is 10.5. The Hall–Kier alpha value is -2.24. The van der Waals surface area contributed by atoms with E-state index in [4.69, 9.17) is 10.7 Å². The van der Waals surface area contributed by atoms with Gasteiger partial charge in [0.05, 0.1) is 16.7 Å². The van der Waals surface area contributed by atoms with Crippen molar-refractivity contribution in [3.8, 4) is 0 Å². The molecule has 4 rings (SSSR count). The van der Waals surface area contributed by atoms with Crippen molar-refractivity contribution in [1.29, 1.82) is 0 Å². The number of aryl methyl sites for hydroxylation is 4. The largest absolute Gasteiger partial charge is 0.330 e. The molecule has 3 aromatic rings. The molecule has 0 fully saturated rings. The number of nitrogens with one attached hydrogen (secondary N) is 1. The SMILES string of the molecule is Cc1cnc(CNC(CCCN)Cc2nc3cccc4c3n2CCC4)c(C)c1. The lowest BCUT2D eigenvalue weighted by Gasteiger charge is -2.21. The number of para-hydroxylation sites is 1. The van der Waals surface area contributed by atoms with Gasteiger partial charge < -0.3 is 15.6 Å². The fourth-order valence-electron chi connectivity index (χ4n) is 4.36. The second-order valence-electron chi connectivity index (χ2n) is 8.06. The van der Waals surface area contributed by atoms with E-state index in [1.807, 2.05) is 6.20 Å². The van der Waals surface area contributed by atoms with E-state index in [1.54, 1.807) is 0 Å². The molecule has 0 saturated carbocycles. The molecule has 1 aliphatic rings. The van der Waals surface area contributed by atoms with Crippen LogP contribution in [-0.2, 0) is 25.9 Å². The lowest BCUT2D eigenvalue weighted by Crippen LogP contribution is -2.33. The van der Waals surface area contributed by atoms with Gasteiger partial charge in [-0.15, -0.1) is 0 Å². The lowest BCUT2D eigenvalue weighted by molar-refractivity contribution is 0.445. The zero-order valence-corrected chi connectivity index (χ0v) is 17.0. The fraction of sp³-hybridized carbons (Fsp3) is 0.478. The van der Waals surface area contributed by atoms with Crippen LogP contribution in [0.3, 0.4) is 0 Å². The Labute approximate surface area is 167 Å². The summed E-state index contributed by atoms with van der Waals surface area (Å²) in [6, 6.07) is 9.08. The monoisotopic (exact) mass is 377 g/mol. The Morgan fingerprint density at radius 2 is 2.18 bits per heavy atom. The Morgan fingerprint density at radius 3 is 3.00 bits per heavy atom. The van der Waals surface area contributed by atoms with Gasteiger partial charge in [-0.05, 0) is 68.8 Å². The third-order valence-corrected chi connectivity index (χ3v) is 5.82. The van der Waals surface area contributed by atoms with Gasteiger partial charge in [0.25, 0.3) is 0 Å². The van der Waals surface area contributed by atoms with Crippen molar-refractivity contribution < 1.29 is 0 Å². The predicted octanol–water partition coefficient (Wildman–Crippen LogP) is 3.43. The van der Waals surface area contributed by atoms with Crippen LogP contribution in [-0.4, -0.2) is 27.1 Å². The molecule has 5 heteroatoms. The minimum atomic E-state index is 0.351. The van der Waals surface area contributed by atoms with Crippen LogP contribution in [0.25, 0.3) is 11.0 Å². The molecule has 1 atom stereocenters. The number of nitrogens with two attached hydrogens (primary N) is 1. The number of nitrogens with zero attached hydrogens (tertiary/aromatic N) is 3. The van der Waals surface area contributed by atoms with Crippen molar-refractivity contribution >= 4 is 11.0 Å². The van der Waals surface area contributed by atoms with Crippen molar-refractivity contribution in [2.75, 3.05) is 6.54 Å². The zero-order chi connectivity index (χ0) is 19.5. The molecule has 0 radical (unpaired) electrons. The molecule has 0 amide bonds. The minimum absolute atomic E-state index is 0.351. The molecule has 2 aromatic heterocycles. The molecule has 3 heterocycles. The summed E-state index contributed by atoms with van der Waals surface area (Å²) in [6.45, 7) is 6.81. The molecular weight excluding hydrogens is 346 g/mol. The number of hydrogen-bond donors (Lipinski definition) is 2. The molecule has 1 aromatic carbocycles. The molecule has 1 aliphatic heterocycles. The van der Waals surface area contributed by atoms with Crippen LogP contribution in [0.4, 0.5) is 0 Å². The summed E-state index contributed by atoms with van der Waals surface area (Å²) in [6.07, 6.45) is 7.31. The first-order chi connectivity index (χ1) is 13.7. The number of benzene rings is 1. The molecule has 1 unspecified atom stereocenters. The molecular formula is C23H31N5. The summed E-state index contributed by atoms with van der Waals surface area (Å²) >= 11 is 0. The van der Waals surface area contributed by atoms with Crippen molar-refractivity contribution in [3.05, 3.63) is 58.7 Å². The summed E-state index contributed by atoms with van der Waals surface area (Å²) in [5.41, 5.74) is 13.3. The second kappa shape index (κ2) is 8.41. The van der Waals surface area contributed by atoms with E-state index in [2.05, 4.69) is 53.0 Å². The van der Waals surface area contributed by atoms with Gasteiger partial charge in [-0.1, -0.05) is 18.2 Å². The van der Waals surface area contributed by atoms with Gasteiger partial charge in [0.15, 0.2) is 0 Å². The Kier molecular flexibility index (Phi) is 5.74. The molecule has 0 bridgehead atoms. The maximum Gasteiger partial charge on any atom is 0.111 e. The number of aromatic nitrogens is 3. The van der Waals surface area contributed by atoms with Crippen LogP contribution in [0.1, 0.15) is 47.5 Å². The van der Waals surface area contributed by atoms with E-state index in [9.17, 15) is 0 Å². The summed E-state index contributed by atoms with van der Waals surface area (Å²) in [5.74, 6) is 1.20. The van der Waals surface area contributed by atoms with Crippen LogP contribution in [0.15, 0.2) is 30.5 Å². The van der Waals surface area contributed by atoms with E-state index in [0.717, 1.165) is 56.5 Å². The van der Waals surface area contributed by atoms with Gasteiger partial charge in [-0.2, -0.15) is 0 Å². The van der Waals surface area contributed by atoms with E-state index in [0.29, 0.717) is 6.04 Å². The van der Waals surface area contributed by atoms with Crippen LogP contribution in [0, 0.1) is 13.8 Å². The second-order valence-corrected chi connectivity index (χ2v) is 8.06. The summed E-state index contributed by atoms with van der Waals surface area (Å²) < 4.78 is 2.45. The van der Waals surface area contributed by atoms with Crippen LogP contribution in [0.5, 0.6) is 0 Å². The summed E-state index contributed by atoms with van der Waals surface area (Å²) in [5, 5.41) is 3.74. The first-order valence-corrected chi connectivity index (χ1v) is 10.5. The van der Waals surface area contributed by atoms with Crippen LogP contribution in [0.2, 0.25) is 0 Å². The van der Waals surface area contributed by atoms with Gasteiger partial charge in [-0.25, -0.2) is 4.98 Å². The van der Waals surface area contributed by atoms with Crippen molar-refractivity contribution in [1.82, 2.24) is 19.9 Å². The van der Waals surface area contributed by atoms with Gasteiger partial charge in [0, 0.05) is 31.7 Å². The maximum absolute atomic E-state index is 5.80. The Bertz CT molecular complexity index is 959. The average Bonchev–Trinajstić information content (AvgIpc) is 3.05. The highest BCUT2D eigenvalue weighted by Crippen LogP contribution is 2.27. The van der Waals surface area contributed by atoms with Crippen molar-refractivity contribution in [2.24, 2.45) is 5.73 Å². The van der Waals surface area contributed by atoms with E-state index in [-0.39, 0.29) is 0 Å². The molecule has 148 valence electrons. The number of hydrogen-bond acceptors (Lipinski definition) is 4. The van der Waals surface area contributed by atoms with E-state index >= 15 is 0 Å². The Balaban J connectivity index is 1.54. The average molecular weight is 378 g/mol. The van der Waals surface area contributed by atoms with Gasteiger partial charge in [0.1, 0.15) is 5.82 Å². The third-order valence-electron chi connectivity index (χ3n) is 5.82. The summed E-state index contributed by atoms with van der Waals surface area (Å²) in [4.78, 5) is 9.61. The number of rotatable bonds is 8. The van der Waals surface area contributed by atoms with Crippen LogP contribution < -0.4 is 11.1 Å². The van der Waals surface area contributed by atoms with Gasteiger partial charge >= 0.3 is 0 Å². The Morgan fingerprint density at radius 1 is 1.29 bits per heavy atom. The lowest BCUT2D eigenvalue weighted by atomic mass is 10.0. The predicted molar refractivity (Wildman–Crippen MR) is 114 cm³/mol. The van der Waals surface area contributed by atoms with Gasteiger partial charge in [0.2, 0.25) is 0 Å². The maximum atomic E-state index is 5.80. The number of pyridine rings is 1.